The molecule has 1 saturated heterocycles. The highest BCUT2D eigenvalue weighted by Gasteiger charge is 2.35. The lowest BCUT2D eigenvalue weighted by atomic mass is 10.00. The molecule has 0 N–H and O–H groups in total. The van der Waals surface area contributed by atoms with Gasteiger partial charge >= 0.3 is 0 Å². The third-order valence-electron chi connectivity index (χ3n) is 6.70. The van der Waals surface area contributed by atoms with Crippen LogP contribution in [0.2, 0.25) is 0 Å². The second-order valence-electron chi connectivity index (χ2n) is 9.87. The first kappa shape index (κ1) is 24.0. The van der Waals surface area contributed by atoms with E-state index in [9.17, 15) is 0 Å². The molecule has 0 amide bonds. The predicted octanol–water partition coefficient (Wildman–Crippen LogP) is 3.97. The van der Waals surface area contributed by atoms with Gasteiger partial charge in [-0.1, -0.05) is 12.1 Å². The molecule has 1 atom stereocenters. The number of hydrogen-bond donors (Lipinski definition) is 0. The third kappa shape index (κ3) is 4.59. The van der Waals surface area contributed by atoms with Crippen LogP contribution < -0.4 is 14.4 Å². The first-order valence-corrected chi connectivity index (χ1v) is 11.8. The fourth-order valence-corrected chi connectivity index (χ4v) is 4.68. The summed E-state index contributed by atoms with van der Waals surface area (Å²) in [5.74, 6) is 2.34. The molecule has 1 unspecified atom stereocenters. The molecule has 0 saturated carbocycles. The van der Waals surface area contributed by atoms with Crippen LogP contribution in [0.15, 0.2) is 36.4 Å². The standard InChI is InChI=1S/C26H36N6O2/c1-18-9-8-10-22(19(18)2)30-13-15-31(16-14-30)24(25-27-28-29-32(25)26(3,4)5)21-12-11-20(33-6)17-23(21)34-7/h8-12,17,24H,13-16H2,1-7H3. The van der Waals surface area contributed by atoms with E-state index in [1.54, 1.807) is 14.2 Å². The minimum Gasteiger partial charge on any atom is -0.497 e. The van der Waals surface area contributed by atoms with Crippen LogP contribution in [-0.4, -0.2) is 65.5 Å². The number of tetrazole rings is 1. The molecular formula is C26H36N6O2. The zero-order valence-electron chi connectivity index (χ0n) is 21.4. The monoisotopic (exact) mass is 464 g/mol. The molecular weight excluding hydrogens is 428 g/mol. The van der Waals surface area contributed by atoms with Gasteiger partial charge in [0.2, 0.25) is 0 Å². The smallest absolute Gasteiger partial charge is 0.173 e. The van der Waals surface area contributed by atoms with E-state index in [4.69, 9.17) is 9.47 Å². The lowest BCUT2D eigenvalue weighted by Gasteiger charge is -2.41. The second kappa shape index (κ2) is 9.62. The van der Waals surface area contributed by atoms with Crippen molar-refractivity contribution in [3.63, 3.8) is 0 Å². The number of hydrogen-bond acceptors (Lipinski definition) is 7. The normalized spacial score (nSPS) is 15.9. The lowest BCUT2D eigenvalue weighted by Crippen LogP contribution is -2.49. The van der Waals surface area contributed by atoms with Crippen LogP contribution in [0.3, 0.4) is 0 Å². The molecule has 2 heterocycles. The van der Waals surface area contributed by atoms with Crippen molar-refractivity contribution >= 4 is 5.69 Å². The Morgan fingerprint density at radius 1 is 0.941 bits per heavy atom. The number of aryl methyl sites for hydroxylation is 1. The molecule has 0 spiro atoms. The number of piperazine rings is 1. The molecule has 3 aromatic rings. The molecule has 0 radical (unpaired) electrons. The maximum atomic E-state index is 5.81. The van der Waals surface area contributed by atoms with Gasteiger partial charge in [-0.05, 0) is 74.4 Å². The molecule has 0 bridgehead atoms. The van der Waals surface area contributed by atoms with E-state index in [-0.39, 0.29) is 11.6 Å². The molecule has 2 aromatic carbocycles. The summed E-state index contributed by atoms with van der Waals surface area (Å²) >= 11 is 0. The van der Waals surface area contributed by atoms with Crippen LogP contribution >= 0.6 is 0 Å². The summed E-state index contributed by atoms with van der Waals surface area (Å²) < 4.78 is 13.2. The summed E-state index contributed by atoms with van der Waals surface area (Å²) in [7, 11) is 3.36. The van der Waals surface area contributed by atoms with Crippen molar-refractivity contribution in [2.45, 2.75) is 46.2 Å². The SMILES string of the molecule is COc1ccc(C(c2nnnn2C(C)(C)C)N2CCN(c3cccc(C)c3C)CC2)c(OC)c1. The second-order valence-corrected chi connectivity index (χ2v) is 9.87. The Morgan fingerprint density at radius 2 is 1.68 bits per heavy atom. The molecule has 1 aliphatic rings. The first-order valence-electron chi connectivity index (χ1n) is 11.8. The molecule has 8 nitrogen and oxygen atoms in total. The number of ether oxygens (including phenoxy) is 2. The van der Waals surface area contributed by atoms with Crippen LogP contribution in [0.4, 0.5) is 5.69 Å². The molecule has 182 valence electrons. The Kier molecular flexibility index (Phi) is 6.79. The van der Waals surface area contributed by atoms with E-state index >= 15 is 0 Å². The van der Waals surface area contributed by atoms with Gasteiger partial charge in [0.05, 0.1) is 19.8 Å². The topological polar surface area (TPSA) is 68.5 Å². The lowest BCUT2D eigenvalue weighted by molar-refractivity contribution is 0.188. The Balaban J connectivity index is 1.71. The summed E-state index contributed by atoms with van der Waals surface area (Å²) in [4.78, 5) is 4.94. The molecule has 1 fully saturated rings. The zero-order chi connectivity index (χ0) is 24.5. The summed E-state index contributed by atoms with van der Waals surface area (Å²) in [6.07, 6.45) is 0. The van der Waals surface area contributed by atoms with E-state index in [2.05, 4.69) is 84.2 Å². The Morgan fingerprint density at radius 3 is 2.32 bits per heavy atom. The van der Waals surface area contributed by atoms with Crippen molar-refractivity contribution in [2.24, 2.45) is 0 Å². The van der Waals surface area contributed by atoms with E-state index in [0.717, 1.165) is 49.1 Å². The number of anilines is 1. The molecule has 8 heteroatoms. The van der Waals surface area contributed by atoms with Crippen molar-refractivity contribution in [3.8, 4) is 11.5 Å². The quantitative estimate of drug-likeness (QED) is 0.547. The van der Waals surface area contributed by atoms with Gasteiger partial charge in [0.25, 0.3) is 0 Å². The molecule has 1 aromatic heterocycles. The maximum absolute atomic E-state index is 5.81. The molecule has 4 rings (SSSR count). The highest BCUT2D eigenvalue weighted by atomic mass is 16.5. The first-order chi connectivity index (χ1) is 16.2. The van der Waals surface area contributed by atoms with Gasteiger partial charge in [-0.2, -0.15) is 0 Å². The summed E-state index contributed by atoms with van der Waals surface area (Å²) in [6.45, 7) is 14.4. The van der Waals surface area contributed by atoms with E-state index in [0.29, 0.717) is 0 Å². The van der Waals surface area contributed by atoms with E-state index in [1.807, 2.05) is 16.8 Å². The van der Waals surface area contributed by atoms with Crippen LogP contribution in [0, 0.1) is 13.8 Å². The number of rotatable bonds is 6. The summed E-state index contributed by atoms with van der Waals surface area (Å²) in [5, 5.41) is 12.9. The van der Waals surface area contributed by atoms with Crippen molar-refractivity contribution in [1.82, 2.24) is 25.1 Å². The van der Waals surface area contributed by atoms with Crippen LogP contribution in [0.1, 0.15) is 49.3 Å². The summed E-state index contributed by atoms with van der Waals surface area (Å²) in [5.41, 5.74) is 4.77. The molecule has 0 aliphatic carbocycles. The number of aromatic nitrogens is 4. The van der Waals surface area contributed by atoms with Crippen LogP contribution in [0.5, 0.6) is 11.5 Å². The van der Waals surface area contributed by atoms with Gasteiger partial charge in [0, 0.05) is 43.5 Å². The average molecular weight is 465 g/mol. The van der Waals surface area contributed by atoms with Crippen molar-refractivity contribution in [2.75, 3.05) is 45.3 Å². The molecule has 1 aliphatic heterocycles. The fourth-order valence-electron chi connectivity index (χ4n) is 4.68. The largest absolute Gasteiger partial charge is 0.497 e. The van der Waals surface area contributed by atoms with Gasteiger partial charge in [-0.25, -0.2) is 4.68 Å². The minimum absolute atomic E-state index is 0.143. The molecule has 34 heavy (non-hydrogen) atoms. The van der Waals surface area contributed by atoms with E-state index in [1.165, 1.54) is 16.8 Å². The van der Waals surface area contributed by atoms with E-state index < -0.39 is 0 Å². The van der Waals surface area contributed by atoms with Gasteiger partial charge in [0.15, 0.2) is 5.82 Å². The van der Waals surface area contributed by atoms with Crippen LogP contribution in [-0.2, 0) is 5.54 Å². The van der Waals surface area contributed by atoms with Crippen molar-refractivity contribution < 1.29 is 9.47 Å². The van der Waals surface area contributed by atoms with Crippen molar-refractivity contribution in [1.29, 1.82) is 0 Å². The average Bonchev–Trinajstić information content (AvgIpc) is 3.32. The number of benzene rings is 2. The number of nitrogens with zero attached hydrogens (tertiary/aromatic N) is 6. The van der Waals surface area contributed by atoms with Gasteiger partial charge in [-0.15, -0.1) is 5.10 Å². The van der Waals surface area contributed by atoms with Gasteiger partial charge in [0.1, 0.15) is 17.5 Å². The highest BCUT2D eigenvalue weighted by molar-refractivity contribution is 5.56. The third-order valence-corrected chi connectivity index (χ3v) is 6.70. The van der Waals surface area contributed by atoms with Crippen molar-refractivity contribution in [3.05, 3.63) is 58.9 Å². The van der Waals surface area contributed by atoms with Crippen LogP contribution in [0.25, 0.3) is 0 Å². The Bertz CT molecular complexity index is 1130. The maximum Gasteiger partial charge on any atom is 0.173 e. The van der Waals surface area contributed by atoms with Gasteiger partial charge < -0.3 is 14.4 Å². The Hall–Kier alpha value is -3.13. The Labute approximate surface area is 202 Å². The zero-order valence-corrected chi connectivity index (χ0v) is 21.4. The van der Waals surface area contributed by atoms with Gasteiger partial charge in [-0.3, -0.25) is 4.90 Å². The highest BCUT2D eigenvalue weighted by Crippen LogP contribution is 2.38. The fraction of sp³-hybridized carbons (Fsp3) is 0.500. The predicted molar refractivity (Wildman–Crippen MR) is 134 cm³/mol. The number of methoxy groups -OCH3 is 2. The summed E-state index contributed by atoms with van der Waals surface area (Å²) in [6, 6.07) is 12.4. The minimum atomic E-state index is -0.253.